The molecule has 0 radical (unpaired) electrons. The van der Waals surface area contributed by atoms with Crippen LogP contribution >= 0.6 is 0 Å². The quantitative estimate of drug-likeness (QED) is 0.486. The first kappa shape index (κ1) is 19.2. The topological polar surface area (TPSA) is 46.6 Å². The summed E-state index contributed by atoms with van der Waals surface area (Å²) in [4.78, 5) is 25.4. The number of ether oxygens (including phenoxy) is 1. The van der Waals surface area contributed by atoms with Crippen molar-refractivity contribution >= 4 is 11.9 Å². The fraction of sp³-hybridized carbons (Fsp3) is 0.579. The highest BCUT2D eigenvalue weighted by molar-refractivity contribution is 5.95. The lowest BCUT2D eigenvalue weighted by Crippen LogP contribution is -2.33. The molecule has 0 saturated heterocycles. The molecule has 4 heteroatoms. The third-order valence-electron chi connectivity index (χ3n) is 3.83. The SMILES string of the molecule is CCCCCCCOC(=O)CN(C)C(=O)c1ccc(CC)cc1. The Morgan fingerprint density at radius 2 is 1.65 bits per heavy atom. The molecular formula is C19H29NO3. The Morgan fingerprint density at radius 1 is 1.00 bits per heavy atom. The van der Waals surface area contributed by atoms with E-state index < -0.39 is 0 Å². The molecule has 1 aromatic carbocycles. The highest BCUT2D eigenvalue weighted by atomic mass is 16.5. The van der Waals surface area contributed by atoms with Gasteiger partial charge in [0.2, 0.25) is 0 Å². The Balaban J connectivity index is 2.31. The monoisotopic (exact) mass is 319 g/mol. The molecule has 23 heavy (non-hydrogen) atoms. The predicted molar refractivity (Wildman–Crippen MR) is 92.5 cm³/mol. The van der Waals surface area contributed by atoms with Gasteiger partial charge in [0.1, 0.15) is 6.54 Å². The Kier molecular flexibility index (Phi) is 9.03. The molecule has 128 valence electrons. The molecule has 0 unspecified atom stereocenters. The predicted octanol–water partition coefficient (Wildman–Crippen LogP) is 3.83. The summed E-state index contributed by atoms with van der Waals surface area (Å²) < 4.78 is 5.18. The molecule has 0 saturated carbocycles. The van der Waals surface area contributed by atoms with E-state index in [-0.39, 0.29) is 18.4 Å². The van der Waals surface area contributed by atoms with E-state index in [1.807, 2.05) is 12.1 Å². The number of nitrogens with zero attached hydrogens (tertiary/aromatic N) is 1. The summed E-state index contributed by atoms with van der Waals surface area (Å²) in [5, 5.41) is 0. The van der Waals surface area contributed by atoms with Gasteiger partial charge in [0.15, 0.2) is 0 Å². The maximum atomic E-state index is 12.2. The maximum Gasteiger partial charge on any atom is 0.325 e. The second-order valence-electron chi connectivity index (χ2n) is 5.85. The number of hydrogen-bond acceptors (Lipinski definition) is 3. The van der Waals surface area contributed by atoms with Crippen LogP contribution in [-0.4, -0.2) is 37.0 Å². The number of esters is 1. The van der Waals surface area contributed by atoms with Crippen molar-refractivity contribution in [1.29, 1.82) is 0 Å². The molecule has 0 aliphatic heterocycles. The lowest BCUT2D eigenvalue weighted by atomic mass is 10.1. The van der Waals surface area contributed by atoms with E-state index >= 15 is 0 Å². The first-order chi connectivity index (χ1) is 11.1. The molecule has 1 aromatic rings. The van der Waals surface area contributed by atoms with E-state index in [2.05, 4.69) is 13.8 Å². The van der Waals surface area contributed by atoms with E-state index in [4.69, 9.17) is 4.74 Å². The van der Waals surface area contributed by atoms with Crippen LogP contribution in [0.25, 0.3) is 0 Å². The van der Waals surface area contributed by atoms with E-state index in [0.717, 1.165) is 19.3 Å². The van der Waals surface area contributed by atoms with E-state index in [1.165, 1.54) is 29.7 Å². The number of rotatable bonds is 10. The van der Waals surface area contributed by atoms with E-state index in [9.17, 15) is 9.59 Å². The first-order valence-electron chi connectivity index (χ1n) is 8.58. The van der Waals surface area contributed by atoms with Crippen molar-refractivity contribution in [3.05, 3.63) is 35.4 Å². The second kappa shape index (κ2) is 10.8. The average molecular weight is 319 g/mol. The van der Waals surface area contributed by atoms with Crippen molar-refractivity contribution < 1.29 is 14.3 Å². The molecule has 4 nitrogen and oxygen atoms in total. The minimum Gasteiger partial charge on any atom is -0.464 e. The van der Waals surface area contributed by atoms with Gasteiger partial charge < -0.3 is 9.64 Å². The summed E-state index contributed by atoms with van der Waals surface area (Å²) in [6.45, 7) is 4.67. The van der Waals surface area contributed by atoms with Crippen molar-refractivity contribution in [2.24, 2.45) is 0 Å². The molecule has 1 rings (SSSR count). The fourth-order valence-electron chi connectivity index (χ4n) is 2.31. The zero-order chi connectivity index (χ0) is 17.1. The number of benzene rings is 1. The van der Waals surface area contributed by atoms with Crippen molar-refractivity contribution in [3.63, 3.8) is 0 Å². The van der Waals surface area contributed by atoms with Crippen LogP contribution in [0.5, 0.6) is 0 Å². The smallest absolute Gasteiger partial charge is 0.325 e. The number of unbranched alkanes of at least 4 members (excludes halogenated alkanes) is 4. The number of hydrogen-bond donors (Lipinski definition) is 0. The normalized spacial score (nSPS) is 10.4. The van der Waals surface area contributed by atoms with Crippen LogP contribution < -0.4 is 0 Å². The Hall–Kier alpha value is -1.84. The molecule has 0 spiro atoms. The molecule has 0 fully saturated rings. The lowest BCUT2D eigenvalue weighted by Gasteiger charge is -2.16. The van der Waals surface area contributed by atoms with Crippen LogP contribution in [-0.2, 0) is 16.0 Å². The summed E-state index contributed by atoms with van der Waals surface area (Å²) in [6.07, 6.45) is 6.52. The fourth-order valence-corrected chi connectivity index (χ4v) is 2.31. The molecule has 0 aliphatic rings. The van der Waals surface area contributed by atoms with Crippen molar-refractivity contribution in [1.82, 2.24) is 4.90 Å². The second-order valence-corrected chi connectivity index (χ2v) is 5.85. The largest absolute Gasteiger partial charge is 0.464 e. The van der Waals surface area contributed by atoms with Crippen LogP contribution in [0, 0.1) is 0 Å². The van der Waals surface area contributed by atoms with Crippen LogP contribution in [0.15, 0.2) is 24.3 Å². The summed E-state index contributed by atoms with van der Waals surface area (Å²) in [7, 11) is 1.62. The van der Waals surface area contributed by atoms with Crippen LogP contribution in [0.3, 0.4) is 0 Å². The minimum absolute atomic E-state index is 0.0106. The zero-order valence-electron chi connectivity index (χ0n) is 14.6. The molecular weight excluding hydrogens is 290 g/mol. The van der Waals surface area contributed by atoms with Gasteiger partial charge in [0, 0.05) is 12.6 Å². The highest BCUT2D eigenvalue weighted by Gasteiger charge is 2.15. The zero-order valence-corrected chi connectivity index (χ0v) is 14.6. The number of carbonyl (C=O) groups is 2. The van der Waals surface area contributed by atoms with Gasteiger partial charge >= 0.3 is 5.97 Å². The first-order valence-corrected chi connectivity index (χ1v) is 8.58. The van der Waals surface area contributed by atoms with Crippen LogP contribution in [0.4, 0.5) is 0 Å². The van der Waals surface area contributed by atoms with Gasteiger partial charge in [-0.2, -0.15) is 0 Å². The van der Waals surface area contributed by atoms with E-state index in [0.29, 0.717) is 12.2 Å². The number of carbonyl (C=O) groups excluding carboxylic acids is 2. The maximum absolute atomic E-state index is 12.2. The molecule has 0 aliphatic carbocycles. The number of aryl methyl sites for hydroxylation is 1. The molecule has 1 amide bonds. The van der Waals surface area contributed by atoms with Crippen LogP contribution in [0.1, 0.15) is 61.9 Å². The van der Waals surface area contributed by atoms with Crippen molar-refractivity contribution in [2.45, 2.75) is 52.4 Å². The van der Waals surface area contributed by atoms with Gasteiger partial charge in [-0.1, -0.05) is 51.7 Å². The Bertz CT molecular complexity index is 482. The third kappa shape index (κ3) is 7.31. The van der Waals surface area contributed by atoms with Gasteiger partial charge in [-0.3, -0.25) is 9.59 Å². The lowest BCUT2D eigenvalue weighted by molar-refractivity contribution is -0.144. The summed E-state index contributed by atoms with van der Waals surface area (Å²) >= 11 is 0. The molecule has 0 aromatic heterocycles. The highest BCUT2D eigenvalue weighted by Crippen LogP contribution is 2.08. The molecule has 0 bridgehead atoms. The van der Waals surface area contributed by atoms with Crippen molar-refractivity contribution in [3.8, 4) is 0 Å². The van der Waals surface area contributed by atoms with Crippen LogP contribution in [0.2, 0.25) is 0 Å². The van der Waals surface area contributed by atoms with Gasteiger partial charge in [0.05, 0.1) is 6.61 Å². The summed E-state index contributed by atoms with van der Waals surface area (Å²) in [6, 6.07) is 7.48. The summed E-state index contributed by atoms with van der Waals surface area (Å²) in [5.74, 6) is -0.505. The molecule has 0 N–H and O–H groups in total. The third-order valence-corrected chi connectivity index (χ3v) is 3.83. The average Bonchev–Trinajstić information content (AvgIpc) is 2.57. The molecule has 0 atom stereocenters. The van der Waals surface area contributed by atoms with Gasteiger partial charge in [-0.15, -0.1) is 0 Å². The standard InChI is InChI=1S/C19H29NO3/c1-4-6-7-8-9-14-23-18(21)15-20(3)19(22)17-12-10-16(5-2)11-13-17/h10-13H,4-9,14-15H2,1-3H3. The van der Waals surface area contributed by atoms with Gasteiger partial charge in [-0.25, -0.2) is 0 Å². The van der Waals surface area contributed by atoms with Crippen molar-refractivity contribution in [2.75, 3.05) is 20.2 Å². The molecule has 0 heterocycles. The van der Waals surface area contributed by atoms with Gasteiger partial charge in [0.25, 0.3) is 5.91 Å². The van der Waals surface area contributed by atoms with Gasteiger partial charge in [-0.05, 0) is 30.5 Å². The van der Waals surface area contributed by atoms with E-state index in [1.54, 1.807) is 19.2 Å². The number of likely N-dealkylation sites (N-methyl/N-ethyl adjacent to an activating group) is 1. The summed E-state index contributed by atoms with van der Waals surface area (Å²) in [5.41, 5.74) is 1.78. The minimum atomic E-state index is -0.346. The Labute approximate surface area is 139 Å². The number of amides is 1. The Morgan fingerprint density at radius 3 is 2.26 bits per heavy atom.